The maximum absolute atomic E-state index is 12.0. The molecular formula is C17H26N2O3. The lowest BCUT2D eigenvalue weighted by Crippen LogP contribution is -2.42. The fourth-order valence-electron chi connectivity index (χ4n) is 2.49. The summed E-state index contributed by atoms with van der Waals surface area (Å²) in [4.78, 5) is 13.8. The zero-order valence-electron chi connectivity index (χ0n) is 13.6. The lowest BCUT2D eigenvalue weighted by Gasteiger charge is -2.33. The molecule has 2 N–H and O–H groups in total. The van der Waals surface area contributed by atoms with Gasteiger partial charge in [0.05, 0.1) is 0 Å². The van der Waals surface area contributed by atoms with E-state index in [-0.39, 0.29) is 11.8 Å². The Hall–Kier alpha value is -1.91. The van der Waals surface area contributed by atoms with Crippen molar-refractivity contribution in [1.82, 2.24) is 4.90 Å². The normalized spacial score (nSPS) is 16.4. The molecule has 1 amide bonds. The maximum atomic E-state index is 12.0. The van der Waals surface area contributed by atoms with Crippen LogP contribution in [0.3, 0.4) is 0 Å². The predicted molar refractivity (Wildman–Crippen MR) is 87.1 cm³/mol. The number of nitrogens with one attached hydrogen (secondary N) is 1. The molecule has 0 atom stereocenters. The molecule has 5 nitrogen and oxygen atoms in total. The number of carbonyl (C=O) groups is 1. The van der Waals surface area contributed by atoms with Crippen LogP contribution in [0.2, 0.25) is 0 Å². The molecular weight excluding hydrogens is 280 g/mol. The molecule has 5 heteroatoms. The second-order valence-corrected chi connectivity index (χ2v) is 6.84. The van der Waals surface area contributed by atoms with Crippen LogP contribution in [0.1, 0.15) is 33.6 Å². The molecule has 0 radical (unpaired) electrons. The van der Waals surface area contributed by atoms with Crippen molar-refractivity contribution in [1.29, 1.82) is 0 Å². The highest BCUT2D eigenvalue weighted by Crippen LogP contribution is 2.21. The monoisotopic (exact) mass is 306 g/mol. The van der Waals surface area contributed by atoms with Crippen LogP contribution in [-0.2, 0) is 4.74 Å². The molecule has 0 bridgehead atoms. The average molecular weight is 306 g/mol. The van der Waals surface area contributed by atoms with Gasteiger partial charge in [0.1, 0.15) is 11.4 Å². The summed E-state index contributed by atoms with van der Waals surface area (Å²) in [6.45, 7) is 8.04. The highest BCUT2D eigenvalue weighted by atomic mass is 16.6. The highest BCUT2D eigenvalue weighted by molar-refractivity contribution is 5.68. The Morgan fingerprint density at radius 2 is 1.86 bits per heavy atom. The van der Waals surface area contributed by atoms with Gasteiger partial charge in [-0.25, -0.2) is 4.79 Å². The summed E-state index contributed by atoms with van der Waals surface area (Å²) in [7, 11) is 0. The number of amides is 1. The number of nitrogens with zero attached hydrogens (tertiary/aromatic N) is 1. The number of carbonyl (C=O) groups excluding carboxylic acids is 1. The van der Waals surface area contributed by atoms with E-state index >= 15 is 0 Å². The molecule has 122 valence electrons. The Bertz CT molecular complexity index is 486. The molecule has 1 aromatic carbocycles. The largest absolute Gasteiger partial charge is 0.508 e. The first-order chi connectivity index (χ1) is 10.3. The van der Waals surface area contributed by atoms with Crippen molar-refractivity contribution in [3.8, 4) is 5.75 Å². The number of likely N-dealkylation sites (tertiary alicyclic amines) is 1. The molecule has 1 aliphatic rings. The Morgan fingerprint density at radius 1 is 1.27 bits per heavy atom. The van der Waals surface area contributed by atoms with Gasteiger partial charge < -0.3 is 20.1 Å². The Morgan fingerprint density at radius 3 is 2.41 bits per heavy atom. The molecule has 1 fully saturated rings. The molecule has 2 rings (SSSR count). The lowest BCUT2D eigenvalue weighted by molar-refractivity contribution is 0.0188. The molecule has 1 saturated heterocycles. The van der Waals surface area contributed by atoms with Crippen LogP contribution in [0.5, 0.6) is 5.75 Å². The smallest absolute Gasteiger partial charge is 0.410 e. The number of ether oxygens (including phenoxy) is 1. The minimum atomic E-state index is -0.436. The molecule has 0 spiro atoms. The number of phenols is 1. The zero-order valence-corrected chi connectivity index (χ0v) is 13.6. The van der Waals surface area contributed by atoms with Crippen LogP contribution in [-0.4, -0.2) is 41.3 Å². The van der Waals surface area contributed by atoms with E-state index in [9.17, 15) is 9.90 Å². The summed E-state index contributed by atoms with van der Waals surface area (Å²) in [6.07, 6.45) is 1.74. The molecule has 0 unspecified atom stereocenters. The van der Waals surface area contributed by atoms with E-state index in [1.807, 2.05) is 32.9 Å². The number of hydrogen-bond acceptors (Lipinski definition) is 4. The fourth-order valence-corrected chi connectivity index (χ4v) is 2.49. The van der Waals surface area contributed by atoms with E-state index in [2.05, 4.69) is 5.32 Å². The third-order valence-corrected chi connectivity index (χ3v) is 3.73. The number of benzene rings is 1. The van der Waals surface area contributed by atoms with Gasteiger partial charge in [-0.15, -0.1) is 0 Å². The van der Waals surface area contributed by atoms with Crippen LogP contribution in [0.4, 0.5) is 10.5 Å². The molecule has 0 aliphatic carbocycles. The highest BCUT2D eigenvalue weighted by Gasteiger charge is 2.26. The van der Waals surface area contributed by atoms with Crippen molar-refractivity contribution in [2.24, 2.45) is 5.92 Å². The van der Waals surface area contributed by atoms with E-state index in [1.165, 1.54) is 0 Å². The van der Waals surface area contributed by atoms with E-state index in [0.29, 0.717) is 5.92 Å². The summed E-state index contributed by atoms with van der Waals surface area (Å²) in [5.74, 6) is 0.823. The van der Waals surface area contributed by atoms with Crippen molar-refractivity contribution >= 4 is 11.8 Å². The summed E-state index contributed by atoms with van der Waals surface area (Å²) >= 11 is 0. The van der Waals surface area contributed by atoms with E-state index in [1.54, 1.807) is 17.0 Å². The van der Waals surface area contributed by atoms with Gasteiger partial charge >= 0.3 is 6.09 Å². The van der Waals surface area contributed by atoms with Crippen LogP contribution < -0.4 is 5.32 Å². The van der Waals surface area contributed by atoms with E-state index in [0.717, 1.165) is 38.2 Å². The third kappa shape index (κ3) is 5.13. The van der Waals surface area contributed by atoms with Crippen LogP contribution in [0, 0.1) is 5.92 Å². The van der Waals surface area contributed by atoms with Crippen molar-refractivity contribution < 1.29 is 14.6 Å². The number of aromatic hydroxyl groups is 1. The van der Waals surface area contributed by atoms with Gasteiger partial charge in [0.25, 0.3) is 0 Å². The topological polar surface area (TPSA) is 61.8 Å². The van der Waals surface area contributed by atoms with Gasteiger partial charge in [-0.2, -0.15) is 0 Å². The number of piperidine rings is 1. The van der Waals surface area contributed by atoms with Gasteiger partial charge in [0, 0.05) is 25.3 Å². The molecule has 1 heterocycles. The van der Waals surface area contributed by atoms with Gasteiger partial charge in [0.15, 0.2) is 0 Å². The summed E-state index contributed by atoms with van der Waals surface area (Å²) in [5, 5.41) is 12.6. The first-order valence-electron chi connectivity index (χ1n) is 7.84. The minimum absolute atomic E-state index is 0.211. The standard InChI is InChI=1S/C17H26N2O3/c1-17(2,3)22-16(21)19-10-8-13(9-11-19)12-18-14-4-6-15(20)7-5-14/h4-7,13,18,20H,8-12H2,1-3H3. The van der Waals surface area contributed by atoms with Crippen LogP contribution >= 0.6 is 0 Å². The average Bonchev–Trinajstić information content (AvgIpc) is 2.45. The van der Waals surface area contributed by atoms with Crippen LogP contribution in [0.15, 0.2) is 24.3 Å². The van der Waals surface area contributed by atoms with Gasteiger partial charge in [-0.3, -0.25) is 0 Å². The van der Waals surface area contributed by atoms with Gasteiger partial charge in [0.2, 0.25) is 0 Å². The van der Waals surface area contributed by atoms with Gasteiger partial charge in [-0.1, -0.05) is 0 Å². The van der Waals surface area contributed by atoms with Gasteiger partial charge in [-0.05, 0) is 63.8 Å². The first kappa shape index (κ1) is 16.5. The second-order valence-electron chi connectivity index (χ2n) is 6.84. The Balaban J connectivity index is 1.73. The molecule has 0 aromatic heterocycles. The lowest BCUT2D eigenvalue weighted by atomic mass is 9.97. The summed E-state index contributed by atoms with van der Waals surface area (Å²) in [6, 6.07) is 7.08. The summed E-state index contributed by atoms with van der Waals surface area (Å²) in [5.41, 5.74) is 0.571. The molecule has 1 aliphatic heterocycles. The SMILES string of the molecule is CC(C)(C)OC(=O)N1CCC(CNc2ccc(O)cc2)CC1. The van der Waals surface area contributed by atoms with Crippen LogP contribution in [0.25, 0.3) is 0 Å². The fraction of sp³-hybridized carbons (Fsp3) is 0.588. The molecule has 1 aromatic rings. The van der Waals surface area contributed by atoms with Crippen molar-refractivity contribution in [3.63, 3.8) is 0 Å². The number of phenolic OH excluding ortho intramolecular Hbond substituents is 1. The third-order valence-electron chi connectivity index (χ3n) is 3.73. The van der Waals surface area contributed by atoms with E-state index in [4.69, 9.17) is 4.74 Å². The maximum Gasteiger partial charge on any atom is 0.410 e. The first-order valence-corrected chi connectivity index (χ1v) is 7.84. The van der Waals surface area contributed by atoms with E-state index < -0.39 is 5.60 Å². The van der Waals surface area contributed by atoms with Crippen molar-refractivity contribution in [3.05, 3.63) is 24.3 Å². The Labute approximate surface area is 132 Å². The quantitative estimate of drug-likeness (QED) is 0.840. The minimum Gasteiger partial charge on any atom is -0.508 e. The summed E-state index contributed by atoms with van der Waals surface area (Å²) < 4.78 is 5.40. The second kappa shape index (κ2) is 6.90. The zero-order chi connectivity index (χ0) is 16.2. The van der Waals surface area contributed by atoms with Crippen molar-refractivity contribution in [2.75, 3.05) is 25.0 Å². The predicted octanol–water partition coefficient (Wildman–Crippen LogP) is 3.45. The molecule has 0 saturated carbocycles. The number of rotatable bonds is 3. The molecule has 22 heavy (non-hydrogen) atoms. The Kier molecular flexibility index (Phi) is 5.16. The number of anilines is 1. The number of hydrogen-bond donors (Lipinski definition) is 2. The van der Waals surface area contributed by atoms with Crippen molar-refractivity contribution in [2.45, 2.75) is 39.2 Å².